The van der Waals surface area contributed by atoms with Crippen molar-refractivity contribution in [3.8, 4) is 0 Å². The molecule has 0 aliphatic heterocycles. The highest BCUT2D eigenvalue weighted by molar-refractivity contribution is 5.33. The summed E-state index contributed by atoms with van der Waals surface area (Å²) >= 11 is 0. The fraction of sp³-hybridized carbons (Fsp3) is 0.217. The molecule has 0 heterocycles. The lowest BCUT2D eigenvalue weighted by molar-refractivity contribution is 0.0134. The van der Waals surface area contributed by atoms with E-state index in [9.17, 15) is 5.11 Å². The topological polar surface area (TPSA) is 46.2 Å². The zero-order valence-corrected chi connectivity index (χ0v) is 14.6. The third-order valence-corrected chi connectivity index (χ3v) is 4.81. The molecule has 3 N–H and O–H groups in total. The van der Waals surface area contributed by atoms with E-state index in [2.05, 4.69) is 0 Å². The third-order valence-electron chi connectivity index (χ3n) is 4.81. The monoisotopic (exact) mass is 331 g/mol. The second-order valence-electron chi connectivity index (χ2n) is 6.76. The third kappa shape index (κ3) is 4.16. The minimum atomic E-state index is -1.06. The number of aryl methyl sites for hydroxylation is 1. The van der Waals surface area contributed by atoms with Gasteiger partial charge < -0.3 is 10.8 Å². The summed E-state index contributed by atoms with van der Waals surface area (Å²) in [6, 6.07) is 27.7. The Balaban J connectivity index is 1.97. The van der Waals surface area contributed by atoms with Crippen LogP contribution in [0.4, 0.5) is 0 Å². The first-order valence-electron chi connectivity index (χ1n) is 8.70. The molecule has 1 atom stereocenters. The fourth-order valence-electron chi connectivity index (χ4n) is 3.41. The molecular formula is C23H25NO. The summed E-state index contributed by atoms with van der Waals surface area (Å²) in [5.74, 6) is 0. The van der Waals surface area contributed by atoms with Crippen LogP contribution in [0, 0.1) is 6.92 Å². The van der Waals surface area contributed by atoms with Crippen LogP contribution in [-0.2, 0) is 12.8 Å². The van der Waals surface area contributed by atoms with Crippen molar-refractivity contribution in [3.63, 3.8) is 0 Å². The van der Waals surface area contributed by atoms with Crippen molar-refractivity contribution in [2.24, 2.45) is 5.73 Å². The van der Waals surface area contributed by atoms with Gasteiger partial charge in [0.2, 0.25) is 0 Å². The molecular weight excluding hydrogens is 306 g/mol. The van der Waals surface area contributed by atoms with E-state index >= 15 is 0 Å². The molecule has 0 aliphatic rings. The van der Waals surface area contributed by atoms with Gasteiger partial charge in [-0.1, -0.05) is 84.9 Å². The fourth-order valence-corrected chi connectivity index (χ4v) is 3.41. The number of hydrogen-bond acceptors (Lipinski definition) is 2. The molecule has 25 heavy (non-hydrogen) atoms. The Hall–Kier alpha value is -2.42. The number of aliphatic hydroxyl groups is 1. The SMILES string of the molecule is Cc1ccccc1[C@@H](N)C(O)(Cc1ccccc1)Cc1ccccc1. The number of benzene rings is 3. The van der Waals surface area contributed by atoms with Gasteiger partial charge in [0.15, 0.2) is 0 Å². The van der Waals surface area contributed by atoms with E-state index in [1.807, 2.05) is 91.9 Å². The average molecular weight is 331 g/mol. The van der Waals surface area contributed by atoms with E-state index in [4.69, 9.17) is 5.73 Å². The average Bonchev–Trinajstić information content (AvgIpc) is 2.63. The lowest BCUT2D eigenvalue weighted by atomic mass is 9.78. The van der Waals surface area contributed by atoms with E-state index in [1.165, 1.54) is 0 Å². The normalized spacial score (nSPS) is 12.8. The lowest BCUT2D eigenvalue weighted by Crippen LogP contribution is -2.45. The van der Waals surface area contributed by atoms with Gasteiger partial charge in [0, 0.05) is 12.8 Å². The molecule has 0 radical (unpaired) electrons. The summed E-state index contributed by atoms with van der Waals surface area (Å²) in [5, 5.41) is 11.6. The zero-order valence-electron chi connectivity index (χ0n) is 14.6. The van der Waals surface area contributed by atoms with Crippen molar-refractivity contribution < 1.29 is 5.11 Å². The molecule has 0 saturated carbocycles. The van der Waals surface area contributed by atoms with E-state index < -0.39 is 11.6 Å². The van der Waals surface area contributed by atoms with E-state index in [0.717, 1.165) is 22.3 Å². The molecule has 2 heteroatoms. The number of nitrogens with two attached hydrogens (primary N) is 1. The van der Waals surface area contributed by atoms with E-state index in [0.29, 0.717) is 12.8 Å². The Kier molecular flexibility index (Phi) is 5.32. The first-order valence-corrected chi connectivity index (χ1v) is 8.70. The van der Waals surface area contributed by atoms with E-state index in [1.54, 1.807) is 0 Å². The van der Waals surface area contributed by atoms with Gasteiger partial charge in [-0.15, -0.1) is 0 Å². The molecule has 3 aromatic rings. The first-order chi connectivity index (χ1) is 12.1. The number of rotatable bonds is 6. The minimum absolute atomic E-state index is 0.464. The van der Waals surface area contributed by atoms with Crippen molar-refractivity contribution in [3.05, 3.63) is 107 Å². The Morgan fingerprint density at radius 3 is 1.68 bits per heavy atom. The van der Waals surface area contributed by atoms with Crippen LogP contribution in [-0.4, -0.2) is 10.7 Å². The van der Waals surface area contributed by atoms with Gasteiger partial charge in [0.25, 0.3) is 0 Å². The highest BCUT2D eigenvalue weighted by Crippen LogP contribution is 2.32. The van der Waals surface area contributed by atoms with Crippen LogP contribution in [0.25, 0.3) is 0 Å². The summed E-state index contributed by atoms with van der Waals surface area (Å²) in [6.45, 7) is 2.04. The number of hydrogen-bond donors (Lipinski definition) is 2. The molecule has 0 unspecified atom stereocenters. The van der Waals surface area contributed by atoms with Gasteiger partial charge >= 0.3 is 0 Å². The summed E-state index contributed by atoms with van der Waals surface area (Å²) in [4.78, 5) is 0. The summed E-state index contributed by atoms with van der Waals surface area (Å²) in [6.07, 6.45) is 1.02. The molecule has 0 saturated heterocycles. The van der Waals surface area contributed by atoms with Gasteiger partial charge in [-0.25, -0.2) is 0 Å². The van der Waals surface area contributed by atoms with Gasteiger partial charge in [-0.2, -0.15) is 0 Å². The van der Waals surface area contributed by atoms with Crippen LogP contribution in [0.2, 0.25) is 0 Å². The molecule has 0 aliphatic carbocycles. The molecule has 0 spiro atoms. The standard InChI is InChI=1S/C23H25NO/c1-18-10-8-9-15-21(18)22(24)23(25,16-19-11-4-2-5-12-19)17-20-13-6-3-7-14-20/h2-15,22,25H,16-17,24H2,1H3/t22-/m1/s1. The van der Waals surface area contributed by atoms with Gasteiger partial charge in [0.1, 0.15) is 0 Å². The van der Waals surface area contributed by atoms with Gasteiger partial charge in [0.05, 0.1) is 11.6 Å². The molecule has 128 valence electrons. The first kappa shape index (κ1) is 17.4. The molecule has 0 fully saturated rings. The minimum Gasteiger partial charge on any atom is -0.387 e. The smallest absolute Gasteiger partial charge is 0.0919 e. The van der Waals surface area contributed by atoms with Crippen molar-refractivity contribution in [2.45, 2.75) is 31.4 Å². The Morgan fingerprint density at radius 2 is 1.20 bits per heavy atom. The van der Waals surface area contributed by atoms with E-state index in [-0.39, 0.29) is 0 Å². The summed E-state index contributed by atoms with van der Waals surface area (Å²) in [5.41, 5.74) is 9.84. The largest absolute Gasteiger partial charge is 0.387 e. The van der Waals surface area contributed by atoms with Crippen LogP contribution in [0.3, 0.4) is 0 Å². The summed E-state index contributed by atoms with van der Waals surface area (Å²) < 4.78 is 0. The van der Waals surface area contributed by atoms with Crippen molar-refractivity contribution in [2.75, 3.05) is 0 Å². The van der Waals surface area contributed by atoms with Crippen LogP contribution in [0.1, 0.15) is 28.3 Å². The maximum Gasteiger partial charge on any atom is 0.0919 e. The van der Waals surface area contributed by atoms with Gasteiger partial charge in [-0.3, -0.25) is 0 Å². The highest BCUT2D eigenvalue weighted by Gasteiger charge is 2.36. The maximum absolute atomic E-state index is 11.6. The lowest BCUT2D eigenvalue weighted by Gasteiger charge is -2.35. The van der Waals surface area contributed by atoms with Crippen LogP contribution in [0.5, 0.6) is 0 Å². The molecule has 2 nitrogen and oxygen atoms in total. The molecule has 3 rings (SSSR count). The van der Waals surface area contributed by atoms with Crippen LogP contribution in [0.15, 0.2) is 84.9 Å². The molecule has 3 aromatic carbocycles. The predicted octanol–water partition coefficient (Wildman–Crippen LogP) is 4.21. The molecule has 0 aromatic heterocycles. The van der Waals surface area contributed by atoms with Crippen LogP contribution >= 0.6 is 0 Å². The predicted molar refractivity (Wildman–Crippen MR) is 103 cm³/mol. The van der Waals surface area contributed by atoms with Crippen molar-refractivity contribution in [1.82, 2.24) is 0 Å². The Labute approximate surface area is 150 Å². The second-order valence-corrected chi connectivity index (χ2v) is 6.76. The molecule has 0 amide bonds. The van der Waals surface area contributed by atoms with Crippen LogP contribution < -0.4 is 5.73 Å². The zero-order chi connectivity index (χ0) is 17.7. The van der Waals surface area contributed by atoms with Crippen molar-refractivity contribution >= 4 is 0 Å². The maximum atomic E-state index is 11.6. The van der Waals surface area contributed by atoms with Gasteiger partial charge in [-0.05, 0) is 29.2 Å². The second kappa shape index (κ2) is 7.64. The highest BCUT2D eigenvalue weighted by atomic mass is 16.3. The molecule has 0 bridgehead atoms. The Bertz CT molecular complexity index is 757. The Morgan fingerprint density at radius 1 is 0.760 bits per heavy atom. The summed E-state index contributed by atoms with van der Waals surface area (Å²) in [7, 11) is 0. The quantitative estimate of drug-likeness (QED) is 0.711. The van der Waals surface area contributed by atoms with Crippen molar-refractivity contribution in [1.29, 1.82) is 0 Å².